The van der Waals surface area contributed by atoms with E-state index in [9.17, 15) is 4.79 Å². The SMILES string of the molecule is Cc1ccc(C(C)C)c(OC(=O)/C=C/c2c3ccccc3cc3ccccc23)c1. The molecule has 29 heavy (non-hydrogen) atoms. The van der Waals surface area contributed by atoms with Crippen LogP contribution in [0, 0.1) is 6.92 Å². The highest BCUT2D eigenvalue weighted by atomic mass is 16.5. The van der Waals surface area contributed by atoms with Crippen molar-refractivity contribution in [1.29, 1.82) is 0 Å². The monoisotopic (exact) mass is 380 g/mol. The smallest absolute Gasteiger partial charge is 0.336 e. The Balaban J connectivity index is 1.72. The maximum Gasteiger partial charge on any atom is 0.336 e. The van der Waals surface area contributed by atoms with E-state index in [1.807, 2.05) is 55.5 Å². The molecule has 0 heterocycles. The number of hydrogen-bond donors (Lipinski definition) is 0. The maximum absolute atomic E-state index is 12.6. The molecule has 0 aliphatic carbocycles. The molecule has 0 aliphatic rings. The average molecular weight is 380 g/mol. The fourth-order valence-corrected chi connectivity index (χ4v) is 3.73. The van der Waals surface area contributed by atoms with Crippen molar-refractivity contribution in [3.63, 3.8) is 0 Å². The fourth-order valence-electron chi connectivity index (χ4n) is 3.73. The van der Waals surface area contributed by atoms with E-state index >= 15 is 0 Å². The molecule has 2 heteroatoms. The van der Waals surface area contributed by atoms with Crippen molar-refractivity contribution in [2.24, 2.45) is 0 Å². The summed E-state index contributed by atoms with van der Waals surface area (Å²) in [5.41, 5.74) is 3.14. The average Bonchev–Trinajstić information content (AvgIpc) is 2.71. The van der Waals surface area contributed by atoms with Gasteiger partial charge in [-0.3, -0.25) is 0 Å². The molecule has 0 fully saturated rings. The number of ether oxygens (including phenoxy) is 1. The predicted octanol–water partition coefficient (Wildman–Crippen LogP) is 7.04. The van der Waals surface area contributed by atoms with Crippen molar-refractivity contribution in [1.82, 2.24) is 0 Å². The highest BCUT2D eigenvalue weighted by Gasteiger charge is 2.11. The minimum atomic E-state index is -0.366. The molecule has 0 unspecified atom stereocenters. The maximum atomic E-state index is 12.6. The van der Waals surface area contributed by atoms with Crippen LogP contribution in [-0.2, 0) is 4.79 Å². The highest BCUT2D eigenvalue weighted by Crippen LogP contribution is 2.30. The molecule has 4 aromatic rings. The van der Waals surface area contributed by atoms with E-state index in [0.717, 1.165) is 38.2 Å². The van der Waals surface area contributed by atoms with Crippen LogP contribution in [0.3, 0.4) is 0 Å². The summed E-state index contributed by atoms with van der Waals surface area (Å²) in [5.74, 6) is 0.552. The summed E-state index contributed by atoms with van der Waals surface area (Å²) in [6.45, 7) is 6.19. The number of rotatable bonds is 4. The number of hydrogen-bond acceptors (Lipinski definition) is 2. The summed E-state index contributed by atoms with van der Waals surface area (Å²) in [6.07, 6.45) is 3.40. The zero-order valence-corrected chi connectivity index (χ0v) is 17.0. The predicted molar refractivity (Wildman–Crippen MR) is 121 cm³/mol. The Bertz CT molecular complexity index is 1180. The minimum absolute atomic E-state index is 0.282. The van der Waals surface area contributed by atoms with E-state index in [2.05, 4.69) is 44.2 Å². The van der Waals surface area contributed by atoms with Gasteiger partial charge in [0.25, 0.3) is 0 Å². The van der Waals surface area contributed by atoms with Gasteiger partial charge in [-0.15, -0.1) is 0 Å². The topological polar surface area (TPSA) is 26.3 Å². The lowest BCUT2D eigenvalue weighted by Gasteiger charge is -2.13. The van der Waals surface area contributed by atoms with E-state index < -0.39 is 0 Å². The highest BCUT2D eigenvalue weighted by molar-refractivity contribution is 6.08. The lowest BCUT2D eigenvalue weighted by Crippen LogP contribution is -2.06. The number of esters is 1. The molecule has 4 rings (SSSR count). The second kappa shape index (κ2) is 7.92. The van der Waals surface area contributed by atoms with Crippen LogP contribution in [-0.4, -0.2) is 5.97 Å². The second-order valence-electron chi connectivity index (χ2n) is 7.68. The summed E-state index contributed by atoms with van der Waals surface area (Å²) >= 11 is 0. The van der Waals surface area contributed by atoms with Crippen molar-refractivity contribution < 1.29 is 9.53 Å². The fraction of sp³-hybridized carbons (Fsp3) is 0.148. The number of carbonyl (C=O) groups excluding carboxylic acids is 1. The molecular weight excluding hydrogens is 356 g/mol. The number of aryl methyl sites for hydroxylation is 1. The normalized spacial score (nSPS) is 11.6. The van der Waals surface area contributed by atoms with E-state index in [0.29, 0.717) is 5.75 Å². The first-order chi connectivity index (χ1) is 14.0. The van der Waals surface area contributed by atoms with Crippen LogP contribution in [0.25, 0.3) is 27.6 Å². The molecule has 144 valence electrons. The van der Waals surface area contributed by atoms with Crippen molar-refractivity contribution in [3.8, 4) is 5.75 Å². The molecule has 0 N–H and O–H groups in total. The Morgan fingerprint density at radius 3 is 2.10 bits per heavy atom. The van der Waals surface area contributed by atoms with Crippen molar-refractivity contribution in [2.75, 3.05) is 0 Å². The summed E-state index contributed by atoms with van der Waals surface area (Å²) in [5, 5.41) is 4.54. The van der Waals surface area contributed by atoms with Crippen LogP contribution in [0.1, 0.15) is 36.5 Å². The summed E-state index contributed by atoms with van der Waals surface area (Å²) in [6, 6.07) is 24.7. The van der Waals surface area contributed by atoms with Crippen LogP contribution in [0.2, 0.25) is 0 Å². The quantitative estimate of drug-likeness (QED) is 0.164. The molecule has 0 saturated carbocycles. The Morgan fingerprint density at radius 1 is 0.862 bits per heavy atom. The Morgan fingerprint density at radius 2 is 1.48 bits per heavy atom. The standard InChI is InChI=1S/C27H24O2/c1-18(2)22-13-12-19(3)16-26(22)29-27(28)15-14-25-23-10-6-4-8-20(23)17-21-9-5-7-11-24(21)25/h4-18H,1-3H3/b15-14+. The Hall–Kier alpha value is -3.39. The van der Waals surface area contributed by atoms with Crippen molar-refractivity contribution in [3.05, 3.63) is 95.6 Å². The van der Waals surface area contributed by atoms with Gasteiger partial charge in [0, 0.05) is 6.08 Å². The first-order valence-corrected chi connectivity index (χ1v) is 9.94. The van der Waals surface area contributed by atoms with Gasteiger partial charge in [-0.25, -0.2) is 4.79 Å². The van der Waals surface area contributed by atoms with E-state index in [-0.39, 0.29) is 11.9 Å². The molecule has 4 aromatic carbocycles. The zero-order chi connectivity index (χ0) is 20.4. The largest absolute Gasteiger partial charge is 0.423 e. The summed E-state index contributed by atoms with van der Waals surface area (Å²) < 4.78 is 5.71. The molecular formula is C27H24O2. The molecule has 0 bridgehead atoms. The van der Waals surface area contributed by atoms with Crippen LogP contribution < -0.4 is 4.74 Å². The van der Waals surface area contributed by atoms with Gasteiger partial charge in [0.05, 0.1) is 0 Å². The van der Waals surface area contributed by atoms with Crippen LogP contribution in [0.15, 0.2) is 78.9 Å². The van der Waals surface area contributed by atoms with E-state index in [1.165, 1.54) is 6.08 Å². The van der Waals surface area contributed by atoms with Gasteiger partial charge in [-0.2, -0.15) is 0 Å². The third-order valence-electron chi connectivity index (χ3n) is 5.20. The number of benzene rings is 4. The first-order valence-electron chi connectivity index (χ1n) is 9.94. The van der Waals surface area contributed by atoms with Gasteiger partial charge >= 0.3 is 5.97 Å². The van der Waals surface area contributed by atoms with Crippen LogP contribution in [0.4, 0.5) is 0 Å². The van der Waals surface area contributed by atoms with Gasteiger partial charge in [0.1, 0.15) is 5.75 Å². The van der Waals surface area contributed by atoms with E-state index in [1.54, 1.807) is 0 Å². The Kier molecular flexibility index (Phi) is 5.18. The molecule has 0 atom stereocenters. The molecule has 0 aliphatic heterocycles. The van der Waals surface area contributed by atoms with Gasteiger partial charge < -0.3 is 4.74 Å². The van der Waals surface area contributed by atoms with Gasteiger partial charge in [0.15, 0.2) is 0 Å². The summed E-state index contributed by atoms with van der Waals surface area (Å²) in [4.78, 5) is 12.6. The molecule has 0 radical (unpaired) electrons. The van der Waals surface area contributed by atoms with Crippen molar-refractivity contribution in [2.45, 2.75) is 26.7 Å². The second-order valence-corrected chi connectivity index (χ2v) is 7.68. The zero-order valence-electron chi connectivity index (χ0n) is 17.0. The van der Waals surface area contributed by atoms with Gasteiger partial charge in [0.2, 0.25) is 0 Å². The first kappa shape index (κ1) is 18.9. The lowest BCUT2D eigenvalue weighted by atomic mass is 9.96. The lowest BCUT2D eigenvalue weighted by molar-refractivity contribution is -0.128. The number of fused-ring (bicyclic) bond motifs is 2. The molecule has 0 amide bonds. The van der Waals surface area contributed by atoms with Crippen LogP contribution >= 0.6 is 0 Å². The van der Waals surface area contributed by atoms with E-state index in [4.69, 9.17) is 4.74 Å². The van der Waals surface area contributed by atoms with Crippen LogP contribution in [0.5, 0.6) is 5.75 Å². The molecule has 0 spiro atoms. The van der Waals surface area contributed by atoms with Crippen molar-refractivity contribution >= 4 is 33.6 Å². The summed E-state index contributed by atoms with van der Waals surface area (Å²) in [7, 11) is 0. The molecule has 2 nitrogen and oxygen atoms in total. The van der Waals surface area contributed by atoms with Gasteiger partial charge in [-0.05, 0) is 69.3 Å². The van der Waals surface area contributed by atoms with Gasteiger partial charge in [-0.1, -0.05) is 74.5 Å². The number of carbonyl (C=O) groups is 1. The Labute approximate surface area is 171 Å². The molecule has 0 saturated heterocycles. The third kappa shape index (κ3) is 3.93. The third-order valence-corrected chi connectivity index (χ3v) is 5.20. The minimum Gasteiger partial charge on any atom is -0.423 e. The molecule has 0 aromatic heterocycles.